The van der Waals surface area contributed by atoms with Crippen LogP contribution in [0.15, 0.2) is 0 Å². The lowest BCUT2D eigenvalue weighted by Crippen LogP contribution is -2.46. The van der Waals surface area contributed by atoms with Crippen LogP contribution in [0.5, 0.6) is 0 Å². The van der Waals surface area contributed by atoms with E-state index in [4.69, 9.17) is 4.74 Å². The van der Waals surface area contributed by atoms with Gasteiger partial charge in [0.1, 0.15) is 6.54 Å². The monoisotopic (exact) mass is 359 g/mol. The van der Waals surface area contributed by atoms with E-state index in [1.54, 1.807) is 18.7 Å². The van der Waals surface area contributed by atoms with Crippen molar-refractivity contribution < 1.29 is 22.7 Å². The SMILES string of the molecule is Cc1nn(CC(F)(F)F)c(C)c1[C@H]1COCCN1C(=O)C1CCCC1. The Hall–Kier alpha value is -1.57. The summed E-state index contributed by atoms with van der Waals surface area (Å²) in [7, 11) is 0. The number of nitrogens with zero attached hydrogens (tertiary/aromatic N) is 3. The maximum absolute atomic E-state index is 12.9. The van der Waals surface area contributed by atoms with Gasteiger partial charge in [0, 0.05) is 23.7 Å². The lowest BCUT2D eigenvalue weighted by molar-refractivity contribution is -0.145. The minimum absolute atomic E-state index is 0.0337. The molecule has 1 aliphatic heterocycles. The fourth-order valence-corrected chi connectivity index (χ4v) is 4.03. The highest BCUT2D eigenvalue weighted by Gasteiger charge is 2.37. The van der Waals surface area contributed by atoms with Gasteiger partial charge in [-0.25, -0.2) is 0 Å². The van der Waals surface area contributed by atoms with Gasteiger partial charge in [0.15, 0.2) is 0 Å². The molecule has 1 atom stereocenters. The molecule has 0 radical (unpaired) electrons. The van der Waals surface area contributed by atoms with E-state index in [9.17, 15) is 18.0 Å². The first-order valence-electron chi connectivity index (χ1n) is 8.77. The largest absolute Gasteiger partial charge is 0.408 e. The Morgan fingerprint density at radius 1 is 1.28 bits per heavy atom. The standard InChI is InChI=1S/C17H24F3N3O2/c1-11-15(12(2)23(21-11)10-17(18,19)20)14-9-25-8-7-22(14)16(24)13-5-3-4-6-13/h13-14H,3-10H2,1-2H3/t14-/m1/s1. The van der Waals surface area contributed by atoms with E-state index < -0.39 is 12.7 Å². The van der Waals surface area contributed by atoms with Gasteiger partial charge in [0.25, 0.3) is 0 Å². The smallest absolute Gasteiger partial charge is 0.377 e. The van der Waals surface area contributed by atoms with Crippen LogP contribution < -0.4 is 0 Å². The molecule has 5 nitrogen and oxygen atoms in total. The molecule has 0 aromatic carbocycles. The predicted octanol–water partition coefficient (Wildman–Crippen LogP) is 3.15. The number of amides is 1. The summed E-state index contributed by atoms with van der Waals surface area (Å²) in [6.07, 6.45) is -0.411. The van der Waals surface area contributed by atoms with Crippen molar-refractivity contribution in [1.29, 1.82) is 0 Å². The molecule has 0 spiro atoms. The van der Waals surface area contributed by atoms with E-state index >= 15 is 0 Å². The van der Waals surface area contributed by atoms with Crippen molar-refractivity contribution >= 4 is 5.91 Å². The second-order valence-electron chi connectivity index (χ2n) is 6.96. The molecule has 2 heterocycles. The topological polar surface area (TPSA) is 47.4 Å². The van der Waals surface area contributed by atoms with Crippen LogP contribution in [0.4, 0.5) is 13.2 Å². The highest BCUT2D eigenvalue weighted by molar-refractivity contribution is 5.79. The molecular weight excluding hydrogens is 335 g/mol. The van der Waals surface area contributed by atoms with Crippen LogP contribution in [0.1, 0.15) is 48.7 Å². The van der Waals surface area contributed by atoms with Gasteiger partial charge in [-0.05, 0) is 26.7 Å². The number of carbonyl (C=O) groups is 1. The van der Waals surface area contributed by atoms with Gasteiger partial charge in [-0.3, -0.25) is 9.48 Å². The summed E-state index contributed by atoms with van der Waals surface area (Å²) in [5.74, 6) is 0.139. The molecule has 1 amide bonds. The Morgan fingerprint density at radius 2 is 1.96 bits per heavy atom. The molecule has 25 heavy (non-hydrogen) atoms. The third-order valence-electron chi connectivity index (χ3n) is 5.22. The van der Waals surface area contributed by atoms with Gasteiger partial charge in [0.05, 0.1) is 24.9 Å². The molecule has 1 aliphatic carbocycles. The maximum atomic E-state index is 12.9. The van der Waals surface area contributed by atoms with Gasteiger partial charge < -0.3 is 9.64 Å². The lowest BCUT2D eigenvalue weighted by Gasteiger charge is -2.37. The van der Waals surface area contributed by atoms with Crippen molar-refractivity contribution in [1.82, 2.24) is 14.7 Å². The van der Waals surface area contributed by atoms with Crippen molar-refractivity contribution in [2.24, 2.45) is 5.92 Å². The maximum Gasteiger partial charge on any atom is 0.408 e. The Balaban J connectivity index is 1.88. The van der Waals surface area contributed by atoms with E-state index in [2.05, 4.69) is 5.10 Å². The molecule has 3 rings (SSSR count). The van der Waals surface area contributed by atoms with Crippen LogP contribution in [0.3, 0.4) is 0 Å². The summed E-state index contributed by atoms with van der Waals surface area (Å²) in [5, 5.41) is 4.07. The Kier molecular flexibility index (Phi) is 5.09. The Morgan fingerprint density at radius 3 is 2.60 bits per heavy atom. The van der Waals surface area contributed by atoms with Crippen molar-refractivity contribution in [2.75, 3.05) is 19.8 Å². The lowest BCUT2D eigenvalue weighted by atomic mass is 9.99. The molecular formula is C17H24F3N3O2. The second-order valence-corrected chi connectivity index (χ2v) is 6.96. The first-order valence-corrected chi connectivity index (χ1v) is 8.77. The third-order valence-corrected chi connectivity index (χ3v) is 5.22. The molecule has 0 unspecified atom stereocenters. The predicted molar refractivity (Wildman–Crippen MR) is 85.0 cm³/mol. The zero-order valence-corrected chi connectivity index (χ0v) is 14.6. The zero-order valence-electron chi connectivity index (χ0n) is 14.6. The quantitative estimate of drug-likeness (QED) is 0.833. The average Bonchev–Trinajstić information content (AvgIpc) is 3.15. The van der Waals surface area contributed by atoms with E-state index in [1.165, 1.54) is 0 Å². The molecule has 1 saturated heterocycles. The van der Waals surface area contributed by atoms with Crippen LogP contribution in [0, 0.1) is 19.8 Å². The molecule has 140 valence electrons. The summed E-state index contributed by atoms with van der Waals surface area (Å²) in [5.41, 5.74) is 1.67. The molecule has 1 saturated carbocycles. The second kappa shape index (κ2) is 6.97. The number of aryl methyl sites for hydroxylation is 1. The summed E-state index contributed by atoms with van der Waals surface area (Å²) >= 11 is 0. The number of hydrogen-bond acceptors (Lipinski definition) is 3. The molecule has 0 bridgehead atoms. The zero-order chi connectivity index (χ0) is 18.2. The van der Waals surface area contributed by atoms with Crippen LogP contribution in [-0.2, 0) is 16.1 Å². The van der Waals surface area contributed by atoms with Gasteiger partial charge in [0.2, 0.25) is 5.91 Å². The van der Waals surface area contributed by atoms with Gasteiger partial charge >= 0.3 is 6.18 Å². The minimum Gasteiger partial charge on any atom is -0.377 e. The fraction of sp³-hybridized carbons (Fsp3) is 0.765. The molecule has 8 heteroatoms. The van der Waals surface area contributed by atoms with Crippen LogP contribution in [-0.4, -0.2) is 46.5 Å². The summed E-state index contributed by atoms with van der Waals surface area (Å²) < 4.78 is 44.8. The number of halogens is 3. The number of rotatable bonds is 3. The number of carbonyl (C=O) groups excluding carboxylic acids is 1. The van der Waals surface area contributed by atoms with Crippen molar-refractivity contribution in [3.05, 3.63) is 17.0 Å². The molecule has 1 aromatic rings. The van der Waals surface area contributed by atoms with Gasteiger partial charge in [-0.2, -0.15) is 18.3 Å². The highest BCUT2D eigenvalue weighted by Crippen LogP contribution is 2.34. The van der Waals surface area contributed by atoms with Crippen molar-refractivity contribution in [3.8, 4) is 0 Å². The summed E-state index contributed by atoms with van der Waals surface area (Å²) in [4.78, 5) is 14.7. The van der Waals surface area contributed by atoms with Crippen LogP contribution >= 0.6 is 0 Å². The first-order chi connectivity index (χ1) is 11.8. The first kappa shape index (κ1) is 18.2. The van der Waals surface area contributed by atoms with Crippen LogP contribution in [0.2, 0.25) is 0 Å². The Bertz CT molecular complexity index is 636. The average molecular weight is 359 g/mol. The molecule has 0 N–H and O–H groups in total. The van der Waals surface area contributed by atoms with Gasteiger partial charge in [-0.1, -0.05) is 12.8 Å². The number of morpholine rings is 1. The normalized spacial score (nSPS) is 22.6. The third kappa shape index (κ3) is 3.83. The number of ether oxygens (including phenoxy) is 1. The molecule has 1 aromatic heterocycles. The van der Waals surface area contributed by atoms with E-state index in [0.29, 0.717) is 36.7 Å². The molecule has 2 aliphatic rings. The number of alkyl halides is 3. The van der Waals surface area contributed by atoms with Gasteiger partial charge in [-0.15, -0.1) is 0 Å². The number of aromatic nitrogens is 2. The van der Waals surface area contributed by atoms with E-state index in [0.717, 1.165) is 30.4 Å². The summed E-state index contributed by atoms with van der Waals surface area (Å²) in [6, 6.07) is -0.358. The molecule has 2 fully saturated rings. The highest BCUT2D eigenvalue weighted by atomic mass is 19.4. The summed E-state index contributed by atoms with van der Waals surface area (Å²) in [6.45, 7) is 3.45. The number of hydrogen-bond donors (Lipinski definition) is 0. The van der Waals surface area contributed by atoms with Crippen molar-refractivity contribution in [3.63, 3.8) is 0 Å². The van der Waals surface area contributed by atoms with E-state index in [1.807, 2.05) is 0 Å². The van der Waals surface area contributed by atoms with Crippen molar-refractivity contribution in [2.45, 2.75) is 58.3 Å². The minimum atomic E-state index is -4.33. The van der Waals surface area contributed by atoms with Crippen LogP contribution in [0.25, 0.3) is 0 Å². The fourth-order valence-electron chi connectivity index (χ4n) is 4.03. The Labute approximate surface area is 145 Å². The van der Waals surface area contributed by atoms with E-state index in [-0.39, 0.29) is 17.9 Å².